The molecule has 1 saturated heterocycles. The highest BCUT2D eigenvalue weighted by molar-refractivity contribution is 4.60. The Bertz CT molecular complexity index is 98.9. The Morgan fingerprint density at radius 1 is 1.46 bits per heavy atom. The maximum absolute atomic E-state index is 5.32. The van der Waals surface area contributed by atoms with Gasteiger partial charge in [-0.3, -0.25) is 4.84 Å². The summed E-state index contributed by atoms with van der Waals surface area (Å²) >= 11 is 0. The van der Waals surface area contributed by atoms with Gasteiger partial charge in [0.15, 0.2) is 0 Å². The van der Waals surface area contributed by atoms with Crippen LogP contribution in [0, 0.1) is 5.92 Å². The minimum absolute atomic E-state index is 0. The summed E-state index contributed by atoms with van der Waals surface area (Å²) in [4.78, 5) is 5.32. The third-order valence-electron chi connectivity index (χ3n) is 1.60. The zero-order valence-corrected chi connectivity index (χ0v) is 8.67. The van der Waals surface area contributed by atoms with Gasteiger partial charge in [-0.25, -0.2) is 0 Å². The van der Waals surface area contributed by atoms with Gasteiger partial charge >= 0.3 is 0 Å². The molecule has 1 rings (SSSR count). The van der Waals surface area contributed by atoms with E-state index in [9.17, 15) is 0 Å². The summed E-state index contributed by atoms with van der Waals surface area (Å²) < 4.78 is 4.92. The minimum Gasteiger partial charge on any atom is -0.383 e. The average molecular weight is 191 g/mol. The molecule has 0 aromatic heterocycles. The molecule has 1 heterocycles. The Morgan fingerprint density at radius 2 is 2.08 bits per heavy atom. The van der Waals surface area contributed by atoms with Gasteiger partial charge in [0, 0.05) is 20.2 Å². The maximum Gasteiger partial charge on any atom is 0.0723 e. The van der Waals surface area contributed by atoms with Crippen LogP contribution in [0.25, 0.3) is 0 Å². The summed E-state index contributed by atoms with van der Waals surface area (Å²) in [5, 5.41) is 1.97. The first-order valence-corrected chi connectivity index (χ1v) is 4.69. The standard InChI is InChI=1S/C7H15NO2.C2H6.CH4/c1-7-5-8(10-6-7)3-4-9-2;1-2;/h7H,3-6H2,1-2H3;1-2H3;1H4. The van der Waals surface area contributed by atoms with E-state index in [2.05, 4.69) is 6.92 Å². The number of methoxy groups -OCH3 is 1. The largest absolute Gasteiger partial charge is 0.383 e. The van der Waals surface area contributed by atoms with Crippen molar-refractivity contribution in [1.29, 1.82) is 0 Å². The molecule has 13 heavy (non-hydrogen) atoms. The molecule has 1 atom stereocenters. The molecule has 1 aliphatic rings. The molecule has 0 aromatic rings. The van der Waals surface area contributed by atoms with Crippen LogP contribution >= 0.6 is 0 Å². The molecule has 1 unspecified atom stereocenters. The van der Waals surface area contributed by atoms with E-state index in [4.69, 9.17) is 9.57 Å². The lowest BCUT2D eigenvalue weighted by Crippen LogP contribution is -2.23. The normalized spacial score (nSPS) is 21.7. The Kier molecular flexibility index (Phi) is 11.8. The second kappa shape index (κ2) is 9.96. The summed E-state index contributed by atoms with van der Waals surface area (Å²) in [5.74, 6) is 0.678. The minimum atomic E-state index is 0. The Labute approximate surface area is 83.0 Å². The molecule has 3 heteroatoms. The van der Waals surface area contributed by atoms with Crippen LogP contribution in [-0.2, 0) is 9.57 Å². The van der Waals surface area contributed by atoms with E-state index in [0.29, 0.717) is 5.92 Å². The zero-order valence-electron chi connectivity index (χ0n) is 8.67. The van der Waals surface area contributed by atoms with Crippen molar-refractivity contribution >= 4 is 0 Å². The fourth-order valence-electron chi connectivity index (χ4n) is 1.03. The number of hydrogen-bond donors (Lipinski definition) is 0. The molecule has 0 aromatic carbocycles. The summed E-state index contributed by atoms with van der Waals surface area (Å²) in [6, 6.07) is 0. The molecule has 1 fully saturated rings. The van der Waals surface area contributed by atoms with Crippen molar-refractivity contribution in [1.82, 2.24) is 5.06 Å². The van der Waals surface area contributed by atoms with Gasteiger partial charge in [0.2, 0.25) is 0 Å². The second-order valence-corrected chi connectivity index (χ2v) is 2.78. The molecule has 0 saturated carbocycles. The molecule has 0 spiro atoms. The van der Waals surface area contributed by atoms with Gasteiger partial charge in [-0.15, -0.1) is 0 Å². The van der Waals surface area contributed by atoms with E-state index < -0.39 is 0 Å². The second-order valence-electron chi connectivity index (χ2n) is 2.78. The van der Waals surface area contributed by atoms with Gasteiger partial charge in [0.05, 0.1) is 13.2 Å². The number of nitrogens with zero attached hydrogens (tertiary/aromatic N) is 1. The summed E-state index contributed by atoms with van der Waals surface area (Å²) in [6.45, 7) is 9.74. The van der Waals surface area contributed by atoms with Crippen LogP contribution in [0.15, 0.2) is 0 Å². The van der Waals surface area contributed by atoms with E-state index in [1.807, 2.05) is 18.9 Å². The van der Waals surface area contributed by atoms with Crippen LogP contribution < -0.4 is 0 Å². The van der Waals surface area contributed by atoms with Gasteiger partial charge in [0.1, 0.15) is 0 Å². The molecule has 1 aliphatic heterocycles. The van der Waals surface area contributed by atoms with Crippen LogP contribution in [0.3, 0.4) is 0 Å². The number of ether oxygens (including phenoxy) is 1. The average Bonchev–Trinajstić information content (AvgIpc) is 2.51. The third-order valence-corrected chi connectivity index (χ3v) is 1.60. The molecule has 0 amide bonds. The topological polar surface area (TPSA) is 21.7 Å². The monoisotopic (exact) mass is 191 g/mol. The summed E-state index contributed by atoms with van der Waals surface area (Å²) in [5.41, 5.74) is 0. The number of rotatable bonds is 3. The Hall–Kier alpha value is -0.120. The molecule has 3 nitrogen and oxygen atoms in total. The predicted octanol–water partition coefficient (Wildman–Crippen LogP) is 2.18. The van der Waals surface area contributed by atoms with Crippen LogP contribution in [-0.4, -0.2) is 38.5 Å². The Balaban J connectivity index is 0. The van der Waals surface area contributed by atoms with E-state index in [0.717, 1.165) is 26.3 Å². The Morgan fingerprint density at radius 3 is 2.46 bits per heavy atom. The molecular weight excluding hydrogens is 166 g/mol. The molecule has 0 N–H and O–H groups in total. The predicted molar refractivity (Wildman–Crippen MR) is 56.6 cm³/mol. The van der Waals surface area contributed by atoms with Crippen LogP contribution in [0.2, 0.25) is 0 Å². The third kappa shape index (κ3) is 6.99. The fourth-order valence-corrected chi connectivity index (χ4v) is 1.03. The molecule has 0 radical (unpaired) electrons. The van der Waals surface area contributed by atoms with Gasteiger partial charge in [-0.2, -0.15) is 5.06 Å². The number of hydroxylamine groups is 2. The van der Waals surface area contributed by atoms with Gasteiger partial charge < -0.3 is 4.74 Å². The maximum atomic E-state index is 5.32. The van der Waals surface area contributed by atoms with Crippen molar-refractivity contribution in [3.8, 4) is 0 Å². The zero-order chi connectivity index (χ0) is 9.40. The highest BCUT2D eigenvalue weighted by Gasteiger charge is 2.18. The first-order valence-electron chi connectivity index (χ1n) is 4.69. The van der Waals surface area contributed by atoms with E-state index >= 15 is 0 Å². The lowest BCUT2D eigenvalue weighted by atomic mass is 10.2. The quantitative estimate of drug-likeness (QED) is 0.682. The van der Waals surface area contributed by atoms with Crippen LogP contribution in [0.4, 0.5) is 0 Å². The van der Waals surface area contributed by atoms with Crippen molar-refractivity contribution in [2.75, 3.05) is 33.4 Å². The van der Waals surface area contributed by atoms with E-state index in [1.54, 1.807) is 7.11 Å². The summed E-state index contributed by atoms with van der Waals surface area (Å²) in [6.07, 6.45) is 0. The highest BCUT2D eigenvalue weighted by atomic mass is 16.7. The lowest BCUT2D eigenvalue weighted by molar-refractivity contribution is -0.118. The molecule has 0 bridgehead atoms. The molecule has 82 valence electrons. The van der Waals surface area contributed by atoms with Gasteiger partial charge in [-0.1, -0.05) is 28.2 Å². The molecular formula is C10H25NO2. The van der Waals surface area contributed by atoms with Crippen molar-refractivity contribution < 1.29 is 9.57 Å². The van der Waals surface area contributed by atoms with Gasteiger partial charge in [0.25, 0.3) is 0 Å². The SMILES string of the molecule is C.CC.COCCN1CC(C)CO1. The van der Waals surface area contributed by atoms with Crippen LogP contribution in [0.5, 0.6) is 0 Å². The van der Waals surface area contributed by atoms with E-state index in [-0.39, 0.29) is 7.43 Å². The number of hydrogen-bond acceptors (Lipinski definition) is 3. The lowest BCUT2D eigenvalue weighted by Gasteiger charge is -2.11. The first kappa shape index (κ1) is 15.4. The van der Waals surface area contributed by atoms with Crippen molar-refractivity contribution in [3.05, 3.63) is 0 Å². The smallest absolute Gasteiger partial charge is 0.0723 e. The van der Waals surface area contributed by atoms with Crippen molar-refractivity contribution in [3.63, 3.8) is 0 Å². The molecule has 0 aliphatic carbocycles. The van der Waals surface area contributed by atoms with Gasteiger partial charge in [-0.05, 0) is 5.92 Å². The van der Waals surface area contributed by atoms with Crippen LogP contribution in [0.1, 0.15) is 28.2 Å². The fraction of sp³-hybridized carbons (Fsp3) is 1.00. The highest BCUT2D eigenvalue weighted by Crippen LogP contribution is 2.09. The first-order chi connectivity index (χ1) is 5.83. The van der Waals surface area contributed by atoms with E-state index in [1.165, 1.54) is 0 Å². The van der Waals surface area contributed by atoms with Crippen molar-refractivity contribution in [2.45, 2.75) is 28.2 Å². The van der Waals surface area contributed by atoms with Crippen molar-refractivity contribution in [2.24, 2.45) is 5.92 Å². The summed E-state index contributed by atoms with van der Waals surface area (Å²) in [7, 11) is 1.71.